The monoisotopic (exact) mass is 276 g/mol. The van der Waals surface area contributed by atoms with Gasteiger partial charge in [0.05, 0.1) is 0 Å². The molecule has 0 radical (unpaired) electrons. The topological polar surface area (TPSA) is 26.3 Å². The Hall–Kier alpha value is -1.31. The van der Waals surface area contributed by atoms with Crippen molar-refractivity contribution in [3.8, 4) is 0 Å². The summed E-state index contributed by atoms with van der Waals surface area (Å²) in [5.74, 6) is 0.421. The van der Waals surface area contributed by atoms with E-state index in [1.165, 1.54) is 32.1 Å². The molecule has 0 aliphatic carbocycles. The van der Waals surface area contributed by atoms with Gasteiger partial charge in [0.25, 0.3) is 6.47 Å². The summed E-state index contributed by atoms with van der Waals surface area (Å²) in [5, 5.41) is 0. The molecule has 0 saturated carbocycles. The molecule has 2 nitrogen and oxygen atoms in total. The van der Waals surface area contributed by atoms with E-state index >= 15 is 0 Å². The lowest BCUT2D eigenvalue weighted by atomic mass is 9.88. The van der Waals surface area contributed by atoms with Crippen LogP contribution in [0.3, 0.4) is 0 Å². The molecule has 0 N–H and O–H groups in total. The van der Waals surface area contributed by atoms with E-state index < -0.39 is 0 Å². The summed E-state index contributed by atoms with van der Waals surface area (Å²) in [6, 6.07) is 10.1. The van der Waals surface area contributed by atoms with Crippen molar-refractivity contribution in [3.63, 3.8) is 0 Å². The van der Waals surface area contributed by atoms with Gasteiger partial charge in [-0.2, -0.15) is 0 Å². The van der Waals surface area contributed by atoms with Crippen LogP contribution in [-0.4, -0.2) is 6.47 Å². The maximum atomic E-state index is 10.8. The van der Waals surface area contributed by atoms with E-state index in [-0.39, 0.29) is 6.10 Å². The average Bonchev–Trinajstić information content (AvgIpc) is 2.50. The van der Waals surface area contributed by atoms with Crippen LogP contribution in [0, 0.1) is 5.92 Å². The number of rotatable bonds is 11. The first-order valence-electron chi connectivity index (χ1n) is 7.97. The first-order chi connectivity index (χ1) is 9.83. The smallest absolute Gasteiger partial charge is 0.293 e. The Labute approximate surface area is 123 Å². The summed E-state index contributed by atoms with van der Waals surface area (Å²) in [6.07, 6.45) is 8.51. The lowest BCUT2D eigenvalue weighted by molar-refractivity contribution is -0.137. The molecule has 112 valence electrons. The highest BCUT2D eigenvalue weighted by Gasteiger charge is 2.22. The Morgan fingerprint density at radius 1 is 1.05 bits per heavy atom. The van der Waals surface area contributed by atoms with E-state index in [1.54, 1.807) is 0 Å². The Kier molecular flexibility index (Phi) is 8.77. The van der Waals surface area contributed by atoms with Crippen LogP contribution < -0.4 is 0 Å². The minimum absolute atomic E-state index is 0.0927. The first kappa shape index (κ1) is 16.7. The number of carbonyl (C=O) groups excluding carboxylic acids is 1. The van der Waals surface area contributed by atoms with E-state index in [4.69, 9.17) is 4.74 Å². The number of hydrogen-bond acceptors (Lipinski definition) is 2. The fourth-order valence-electron chi connectivity index (χ4n) is 2.74. The van der Waals surface area contributed by atoms with E-state index in [0.29, 0.717) is 12.4 Å². The van der Waals surface area contributed by atoms with Crippen LogP contribution in [0.2, 0.25) is 0 Å². The second kappa shape index (κ2) is 10.5. The van der Waals surface area contributed by atoms with Gasteiger partial charge in [-0.15, -0.1) is 0 Å². The van der Waals surface area contributed by atoms with Crippen molar-refractivity contribution in [3.05, 3.63) is 35.9 Å². The molecule has 2 heteroatoms. The molecule has 0 aromatic heterocycles. The molecule has 0 fully saturated rings. The first-order valence-corrected chi connectivity index (χ1v) is 7.97. The Balaban J connectivity index is 2.55. The number of hydrogen-bond donors (Lipinski definition) is 0. The molecule has 2 unspecified atom stereocenters. The van der Waals surface area contributed by atoms with Crippen LogP contribution in [-0.2, 0) is 9.53 Å². The van der Waals surface area contributed by atoms with Crippen LogP contribution in [0.25, 0.3) is 0 Å². The van der Waals surface area contributed by atoms with Crippen molar-refractivity contribution in [2.75, 3.05) is 0 Å². The number of unbranched alkanes of at least 4 members (excludes halogenated alkanes) is 4. The number of benzene rings is 1. The normalized spacial score (nSPS) is 13.7. The molecule has 0 saturated heterocycles. The van der Waals surface area contributed by atoms with Crippen molar-refractivity contribution >= 4 is 6.47 Å². The number of ether oxygens (including phenoxy) is 1. The molecule has 20 heavy (non-hydrogen) atoms. The summed E-state index contributed by atoms with van der Waals surface area (Å²) in [4.78, 5) is 10.8. The highest BCUT2D eigenvalue weighted by molar-refractivity contribution is 5.38. The van der Waals surface area contributed by atoms with Gasteiger partial charge in [-0.3, -0.25) is 4.79 Å². The molecule has 1 aromatic carbocycles. The van der Waals surface area contributed by atoms with E-state index in [1.807, 2.05) is 30.3 Å². The van der Waals surface area contributed by atoms with Gasteiger partial charge in [-0.05, 0) is 24.3 Å². The van der Waals surface area contributed by atoms with Gasteiger partial charge in [-0.1, -0.05) is 76.3 Å². The molecule has 0 bridgehead atoms. The molecule has 0 aliphatic heterocycles. The van der Waals surface area contributed by atoms with E-state index in [9.17, 15) is 4.79 Å². The van der Waals surface area contributed by atoms with Gasteiger partial charge in [0.1, 0.15) is 6.10 Å². The molecular weight excluding hydrogens is 248 g/mol. The minimum atomic E-state index is -0.0927. The lowest BCUT2D eigenvalue weighted by Gasteiger charge is -2.25. The zero-order valence-corrected chi connectivity index (χ0v) is 12.9. The van der Waals surface area contributed by atoms with Crippen molar-refractivity contribution in [1.29, 1.82) is 0 Å². The Morgan fingerprint density at radius 3 is 2.35 bits per heavy atom. The average molecular weight is 276 g/mol. The van der Waals surface area contributed by atoms with Crippen LogP contribution in [0.4, 0.5) is 0 Å². The second-order valence-electron chi connectivity index (χ2n) is 5.43. The van der Waals surface area contributed by atoms with Gasteiger partial charge in [0.2, 0.25) is 0 Å². The van der Waals surface area contributed by atoms with Crippen molar-refractivity contribution in [1.82, 2.24) is 0 Å². The third kappa shape index (κ3) is 5.77. The lowest BCUT2D eigenvalue weighted by Crippen LogP contribution is -2.15. The minimum Gasteiger partial charge on any atom is -0.459 e. The molecule has 0 heterocycles. The number of carbonyl (C=O) groups is 1. The maximum Gasteiger partial charge on any atom is 0.293 e. The summed E-state index contributed by atoms with van der Waals surface area (Å²) in [6.45, 7) is 5.01. The van der Waals surface area contributed by atoms with Crippen molar-refractivity contribution in [2.45, 2.75) is 64.9 Å². The molecule has 0 amide bonds. The quantitative estimate of drug-likeness (QED) is 0.405. The van der Waals surface area contributed by atoms with Crippen molar-refractivity contribution < 1.29 is 9.53 Å². The van der Waals surface area contributed by atoms with Gasteiger partial charge in [0, 0.05) is 0 Å². The Bertz CT molecular complexity index is 348. The largest absolute Gasteiger partial charge is 0.459 e. The van der Waals surface area contributed by atoms with Crippen molar-refractivity contribution in [2.24, 2.45) is 5.92 Å². The highest BCUT2D eigenvalue weighted by atomic mass is 16.5. The summed E-state index contributed by atoms with van der Waals surface area (Å²) in [7, 11) is 0. The SMILES string of the molecule is CCCCCCCC(CC)C(OC=O)c1ccccc1. The van der Waals surface area contributed by atoms with Gasteiger partial charge >= 0.3 is 0 Å². The Morgan fingerprint density at radius 2 is 1.75 bits per heavy atom. The van der Waals surface area contributed by atoms with E-state index in [0.717, 1.165) is 18.4 Å². The second-order valence-corrected chi connectivity index (χ2v) is 5.43. The zero-order valence-electron chi connectivity index (χ0n) is 12.9. The summed E-state index contributed by atoms with van der Waals surface area (Å²) >= 11 is 0. The predicted octanol–water partition coefficient (Wildman–Crippen LogP) is 5.29. The summed E-state index contributed by atoms with van der Waals surface area (Å²) in [5.41, 5.74) is 1.11. The molecule has 0 spiro atoms. The fraction of sp³-hybridized carbons (Fsp3) is 0.611. The zero-order chi connectivity index (χ0) is 14.6. The fourth-order valence-corrected chi connectivity index (χ4v) is 2.74. The molecule has 1 aromatic rings. The molecule has 1 rings (SSSR count). The third-order valence-electron chi connectivity index (χ3n) is 3.96. The van der Waals surface area contributed by atoms with Gasteiger partial charge in [-0.25, -0.2) is 0 Å². The molecule has 2 atom stereocenters. The third-order valence-corrected chi connectivity index (χ3v) is 3.96. The van der Waals surface area contributed by atoms with Gasteiger partial charge in [0.15, 0.2) is 0 Å². The van der Waals surface area contributed by atoms with Crippen LogP contribution in [0.15, 0.2) is 30.3 Å². The highest BCUT2D eigenvalue weighted by Crippen LogP contribution is 2.31. The summed E-state index contributed by atoms with van der Waals surface area (Å²) < 4.78 is 5.38. The maximum absolute atomic E-state index is 10.8. The predicted molar refractivity (Wildman–Crippen MR) is 83.5 cm³/mol. The van der Waals surface area contributed by atoms with Gasteiger partial charge < -0.3 is 4.74 Å². The van der Waals surface area contributed by atoms with E-state index in [2.05, 4.69) is 13.8 Å². The van der Waals surface area contributed by atoms with Crippen LogP contribution in [0.5, 0.6) is 0 Å². The molecular formula is C18H28O2. The standard InChI is InChI=1S/C18H28O2/c1-3-5-6-7-9-12-16(4-2)18(20-15-19)17-13-10-8-11-14-17/h8,10-11,13-16,18H,3-7,9,12H2,1-2H3. The van der Waals surface area contributed by atoms with Crippen LogP contribution in [0.1, 0.15) is 70.5 Å². The van der Waals surface area contributed by atoms with Crippen LogP contribution >= 0.6 is 0 Å². The molecule has 0 aliphatic rings.